The highest BCUT2D eigenvalue weighted by molar-refractivity contribution is 5.90. The zero-order valence-corrected chi connectivity index (χ0v) is 17.8. The molecule has 5 nitrogen and oxygen atoms in total. The van der Waals surface area contributed by atoms with Crippen LogP contribution < -0.4 is 14.2 Å². The zero-order valence-electron chi connectivity index (χ0n) is 17.8. The van der Waals surface area contributed by atoms with Gasteiger partial charge in [-0.05, 0) is 54.5 Å². The molecule has 0 bridgehead atoms. The Morgan fingerprint density at radius 3 is 2.47 bits per heavy atom. The van der Waals surface area contributed by atoms with Crippen molar-refractivity contribution in [3.8, 4) is 23.3 Å². The van der Waals surface area contributed by atoms with Crippen molar-refractivity contribution in [3.05, 3.63) is 89.2 Å². The predicted molar refractivity (Wildman–Crippen MR) is 120 cm³/mol. The first-order valence-corrected chi connectivity index (χ1v) is 10.0. The SMILES string of the molecule is CCOc1ccc(CC(=O)Oc2ccc(/C=C(/C#N)c3ccccc3F)cc2OC)cc1. The predicted octanol–water partition coefficient (Wildman–Crippen LogP) is 5.45. The molecular formula is C26H22FNO4. The highest BCUT2D eigenvalue weighted by Crippen LogP contribution is 2.30. The third-order valence-electron chi connectivity index (χ3n) is 4.59. The second-order valence-electron chi connectivity index (χ2n) is 6.79. The zero-order chi connectivity index (χ0) is 22.9. The van der Waals surface area contributed by atoms with Crippen molar-refractivity contribution in [2.45, 2.75) is 13.3 Å². The van der Waals surface area contributed by atoms with Crippen molar-refractivity contribution in [1.82, 2.24) is 0 Å². The average Bonchev–Trinajstić information content (AvgIpc) is 2.80. The third kappa shape index (κ3) is 5.73. The number of esters is 1. The molecule has 0 saturated heterocycles. The van der Waals surface area contributed by atoms with Crippen molar-refractivity contribution in [1.29, 1.82) is 5.26 Å². The van der Waals surface area contributed by atoms with Crippen LogP contribution >= 0.6 is 0 Å². The maximum absolute atomic E-state index is 14.0. The van der Waals surface area contributed by atoms with Gasteiger partial charge in [-0.2, -0.15) is 5.26 Å². The molecule has 32 heavy (non-hydrogen) atoms. The summed E-state index contributed by atoms with van der Waals surface area (Å²) in [7, 11) is 1.45. The number of carbonyl (C=O) groups excluding carboxylic acids is 1. The smallest absolute Gasteiger partial charge is 0.315 e. The number of nitriles is 1. The molecule has 0 aromatic heterocycles. The summed E-state index contributed by atoms with van der Waals surface area (Å²) in [5.74, 6) is 0.392. The van der Waals surface area contributed by atoms with E-state index in [1.807, 2.05) is 25.1 Å². The van der Waals surface area contributed by atoms with Crippen LogP contribution in [0.25, 0.3) is 11.6 Å². The molecule has 0 fully saturated rings. The van der Waals surface area contributed by atoms with E-state index in [1.165, 1.54) is 13.2 Å². The molecule has 0 atom stereocenters. The van der Waals surface area contributed by atoms with Gasteiger partial charge in [-0.15, -0.1) is 0 Å². The number of benzene rings is 3. The van der Waals surface area contributed by atoms with Crippen LogP contribution in [0.3, 0.4) is 0 Å². The Labute approximate surface area is 186 Å². The molecule has 0 unspecified atom stereocenters. The molecule has 0 amide bonds. The molecule has 0 aliphatic heterocycles. The molecule has 0 N–H and O–H groups in total. The summed E-state index contributed by atoms with van der Waals surface area (Å²) in [4.78, 5) is 12.4. The minimum Gasteiger partial charge on any atom is -0.494 e. The van der Waals surface area contributed by atoms with Gasteiger partial charge in [-0.3, -0.25) is 4.79 Å². The molecule has 3 aromatic carbocycles. The second-order valence-corrected chi connectivity index (χ2v) is 6.79. The first-order valence-electron chi connectivity index (χ1n) is 10.0. The number of halogens is 1. The van der Waals surface area contributed by atoms with E-state index in [1.54, 1.807) is 54.6 Å². The summed E-state index contributed by atoms with van der Waals surface area (Å²) in [5.41, 5.74) is 1.78. The van der Waals surface area contributed by atoms with Gasteiger partial charge >= 0.3 is 5.97 Å². The number of ether oxygens (including phenoxy) is 3. The summed E-state index contributed by atoms with van der Waals surface area (Å²) in [6, 6.07) is 20.2. The van der Waals surface area contributed by atoms with Crippen molar-refractivity contribution in [3.63, 3.8) is 0 Å². The van der Waals surface area contributed by atoms with Crippen LogP contribution in [0.4, 0.5) is 4.39 Å². The largest absolute Gasteiger partial charge is 0.494 e. The normalized spacial score (nSPS) is 10.9. The number of carbonyl (C=O) groups is 1. The topological polar surface area (TPSA) is 68.5 Å². The summed E-state index contributed by atoms with van der Waals surface area (Å²) in [6.45, 7) is 2.48. The second kappa shape index (κ2) is 10.8. The Morgan fingerprint density at radius 1 is 1.06 bits per heavy atom. The van der Waals surface area contributed by atoms with Gasteiger partial charge in [-0.1, -0.05) is 36.4 Å². The number of allylic oxidation sites excluding steroid dienone is 1. The number of hydrogen-bond donors (Lipinski definition) is 0. The molecule has 0 heterocycles. The van der Waals surface area contributed by atoms with E-state index in [2.05, 4.69) is 0 Å². The lowest BCUT2D eigenvalue weighted by Gasteiger charge is -2.11. The van der Waals surface area contributed by atoms with Crippen LogP contribution in [0.15, 0.2) is 66.7 Å². The summed E-state index contributed by atoms with van der Waals surface area (Å²) >= 11 is 0. The average molecular weight is 431 g/mol. The minimum atomic E-state index is -0.480. The minimum absolute atomic E-state index is 0.0864. The number of methoxy groups -OCH3 is 1. The first-order chi connectivity index (χ1) is 15.5. The van der Waals surface area contributed by atoms with Crippen LogP contribution in [0.2, 0.25) is 0 Å². The van der Waals surface area contributed by atoms with E-state index in [0.29, 0.717) is 17.9 Å². The number of nitrogens with zero attached hydrogens (tertiary/aromatic N) is 1. The Balaban J connectivity index is 1.75. The van der Waals surface area contributed by atoms with E-state index < -0.39 is 11.8 Å². The fraction of sp³-hybridized carbons (Fsp3) is 0.154. The Kier molecular flexibility index (Phi) is 7.60. The maximum Gasteiger partial charge on any atom is 0.315 e. The number of rotatable bonds is 8. The lowest BCUT2D eigenvalue weighted by molar-refractivity contribution is -0.133. The van der Waals surface area contributed by atoms with Gasteiger partial charge in [0.1, 0.15) is 11.6 Å². The van der Waals surface area contributed by atoms with Gasteiger partial charge in [0, 0.05) is 5.56 Å². The lowest BCUT2D eigenvalue weighted by Crippen LogP contribution is -2.12. The molecule has 6 heteroatoms. The van der Waals surface area contributed by atoms with Crippen molar-refractivity contribution in [2.75, 3.05) is 13.7 Å². The third-order valence-corrected chi connectivity index (χ3v) is 4.59. The quantitative estimate of drug-likeness (QED) is 0.205. The fourth-order valence-corrected chi connectivity index (χ4v) is 3.07. The van der Waals surface area contributed by atoms with E-state index in [0.717, 1.165) is 11.3 Å². The highest BCUT2D eigenvalue weighted by Gasteiger charge is 2.13. The van der Waals surface area contributed by atoms with Crippen LogP contribution in [-0.2, 0) is 11.2 Å². The molecule has 3 rings (SSSR count). The summed E-state index contributed by atoms with van der Waals surface area (Å²) < 4.78 is 30.2. The van der Waals surface area contributed by atoms with Gasteiger partial charge in [0.2, 0.25) is 0 Å². The first kappa shape index (κ1) is 22.6. The molecular weight excluding hydrogens is 409 g/mol. The van der Waals surface area contributed by atoms with Gasteiger partial charge in [-0.25, -0.2) is 4.39 Å². The van der Waals surface area contributed by atoms with E-state index >= 15 is 0 Å². The summed E-state index contributed by atoms with van der Waals surface area (Å²) in [5, 5.41) is 9.46. The van der Waals surface area contributed by atoms with Crippen molar-refractivity contribution in [2.24, 2.45) is 0 Å². The monoisotopic (exact) mass is 431 g/mol. The van der Waals surface area contributed by atoms with Gasteiger partial charge in [0.25, 0.3) is 0 Å². The van der Waals surface area contributed by atoms with Crippen LogP contribution in [0.1, 0.15) is 23.6 Å². The standard InChI is InChI=1S/C26H22FNO4/c1-3-31-21-11-8-18(9-12-21)16-26(29)32-24-13-10-19(15-25(24)30-2)14-20(17-28)22-6-4-5-7-23(22)27/h4-15H,3,16H2,1-2H3/b20-14-. The molecule has 0 spiro atoms. The Morgan fingerprint density at radius 2 is 1.81 bits per heavy atom. The van der Waals surface area contributed by atoms with Crippen LogP contribution in [0, 0.1) is 17.1 Å². The van der Waals surface area contributed by atoms with Crippen LogP contribution in [0.5, 0.6) is 17.2 Å². The molecule has 0 saturated carbocycles. The van der Waals surface area contributed by atoms with E-state index in [4.69, 9.17) is 14.2 Å². The molecule has 162 valence electrons. The van der Waals surface area contributed by atoms with Gasteiger partial charge < -0.3 is 14.2 Å². The maximum atomic E-state index is 14.0. The molecule has 0 aliphatic rings. The van der Waals surface area contributed by atoms with Gasteiger partial charge in [0.15, 0.2) is 11.5 Å². The highest BCUT2D eigenvalue weighted by atomic mass is 19.1. The Bertz CT molecular complexity index is 1160. The van der Waals surface area contributed by atoms with Crippen molar-refractivity contribution < 1.29 is 23.4 Å². The Hall–Kier alpha value is -4.11. The molecule has 0 aliphatic carbocycles. The molecule has 3 aromatic rings. The lowest BCUT2D eigenvalue weighted by atomic mass is 10.0. The summed E-state index contributed by atoms with van der Waals surface area (Å²) in [6.07, 6.45) is 1.63. The van der Waals surface area contributed by atoms with Crippen molar-refractivity contribution >= 4 is 17.6 Å². The van der Waals surface area contributed by atoms with Gasteiger partial charge in [0.05, 0.1) is 31.8 Å². The van der Waals surface area contributed by atoms with E-state index in [-0.39, 0.29) is 23.3 Å². The number of hydrogen-bond acceptors (Lipinski definition) is 5. The van der Waals surface area contributed by atoms with E-state index in [9.17, 15) is 14.4 Å². The fourth-order valence-electron chi connectivity index (χ4n) is 3.07. The van der Waals surface area contributed by atoms with Crippen LogP contribution in [-0.4, -0.2) is 19.7 Å². The molecule has 0 radical (unpaired) electrons.